The molecule has 1 aliphatic heterocycles. The fraction of sp³-hybridized carbons (Fsp3) is 0.619. The number of amides is 2. The van der Waals surface area contributed by atoms with Crippen LogP contribution in [0.4, 0.5) is 0 Å². The van der Waals surface area contributed by atoms with Crippen LogP contribution in [0.1, 0.15) is 44.1 Å². The van der Waals surface area contributed by atoms with E-state index in [1.807, 2.05) is 30.1 Å². The molecule has 1 saturated heterocycles. The SMILES string of the molecule is CNCCCC(=O)N1CCC(C(=O)N(Cc2ccccc2)C2CC2)CC1. The molecule has 5 heteroatoms. The Balaban J connectivity index is 1.51. The third-order valence-corrected chi connectivity index (χ3v) is 5.48. The van der Waals surface area contributed by atoms with Gasteiger partial charge < -0.3 is 15.1 Å². The molecule has 0 bridgehead atoms. The van der Waals surface area contributed by atoms with Gasteiger partial charge in [0, 0.05) is 38.0 Å². The normalized spacial score (nSPS) is 18.0. The Bertz CT molecular complexity index is 593. The van der Waals surface area contributed by atoms with E-state index < -0.39 is 0 Å². The van der Waals surface area contributed by atoms with E-state index in [2.05, 4.69) is 22.3 Å². The van der Waals surface area contributed by atoms with Crippen LogP contribution < -0.4 is 5.32 Å². The van der Waals surface area contributed by atoms with Crippen LogP contribution >= 0.6 is 0 Å². The van der Waals surface area contributed by atoms with Crippen LogP contribution in [0, 0.1) is 5.92 Å². The lowest BCUT2D eigenvalue weighted by Crippen LogP contribution is -2.45. The van der Waals surface area contributed by atoms with Crippen molar-refractivity contribution in [3.05, 3.63) is 35.9 Å². The molecule has 0 spiro atoms. The summed E-state index contributed by atoms with van der Waals surface area (Å²) in [6.07, 6.45) is 5.33. The number of rotatable bonds is 8. The second-order valence-corrected chi connectivity index (χ2v) is 7.55. The van der Waals surface area contributed by atoms with Gasteiger partial charge in [-0.2, -0.15) is 0 Å². The molecule has 1 aromatic carbocycles. The molecule has 5 nitrogen and oxygen atoms in total. The third-order valence-electron chi connectivity index (χ3n) is 5.48. The first-order chi connectivity index (χ1) is 12.7. The van der Waals surface area contributed by atoms with Crippen molar-refractivity contribution in [1.29, 1.82) is 0 Å². The molecule has 0 atom stereocenters. The molecule has 142 valence electrons. The highest BCUT2D eigenvalue weighted by Crippen LogP contribution is 2.32. The zero-order chi connectivity index (χ0) is 18.4. The van der Waals surface area contributed by atoms with E-state index in [0.29, 0.717) is 24.9 Å². The van der Waals surface area contributed by atoms with E-state index >= 15 is 0 Å². The van der Waals surface area contributed by atoms with Gasteiger partial charge in [0.25, 0.3) is 0 Å². The Morgan fingerprint density at radius 3 is 2.42 bits per heavy atom. The molecule has 2 aliphatic rings. The number of hydrogen-bond acceptors (Lipinski definition) is 3. The van der Waals surface area contributed by atoms with Gasteiger partial charge in [-0.15, -0.1) is 0 Å². The molecule has 1 aliphatic carbocycles. The van der Waals surface area contributed by atoms with Crippen LogP contribution in [-0.2, 0) is 16.1 Å². The zero-order valence-electron chi connectivity index (χ0n) is 15.8. The minimum Gasteiger partial charge on any atom is -0.343 e. The van der Waals surface area contributed by atoms with Gasteiger partial charge >= 0.3 is 0 Å². The maximum atomic E-state index is 13.1. The summed E-state index contributed by atoms with van der Waals surface area (Å²) < 4.78 is 0. The minimum absolute atomic E-state index is 0.0701. The van der Waals surface area contributed by atoms with Gasteiger partial charge in [-0.25, -0.2) is 0 Å². The Morgan fingerprint density at radius 1 is 1.12 bits per heavy atom. The second kappa shape index (κ2) is 9.17. The second-order valence-electron chi connectivity index (χ2n) is 7.55. The quantitative estimate of drug-likeness (QED) is 0.727. The van der Waals surface area contributed by atoms with Crippen molar-refractivity contribution in [1.82, 2.24) is 15.1 Å². The van der Waals surface area contributed by atoms with Crippen molar-refractivity contribution in [2.75, 3.05) is 26.7 Å². The summed E-state index contributed by atoms with van der Waals surface area (Å²) in [4.78, 5) is 29.4. The average molecular weight is 357 g/mol. The molecule has 1 saturated carbocycles. The van der Waals surface area contributed by atoms with Gasteiger partial charge in [0.1, 0.15) is 0 Å². The van der Waals surface area contributed by atoms with Crippen LogP contribution in [0.5, 0.6) is 0 Å². The summed E-state index contributed by atoms with van der Waals surface area (Å²) in [7, 11) is 1.91. The van der Waals surface area contributed by atoms with Gasteiger partial charge in [0.05, 0.1) is 0 Å². The third kappa shape index (κ3) is 5.07. The number of nitrogens with zero attached hydrogens (tertiary/aromatic N) is 2. The number of piperidine rings is 1. The summed E-state index contributed by atoms with van der Waals surface area (Å²) in [6, 6.07) is 10.7. The number of carbonyl (C=O) groups is 2. The van der Waals surface area contributed by atoms with E-state index in [1.165, 1.54) is 5.56 Å². The minimum atomic E-state index is 0.0701. The van der Waals surface area contributed by atoms with Gasteiger partial charge in [-0.05, 0) is 51.3 Å². The lowest BCUT2D eigenvalue weighted by atomic mass is 9.94. The van der Waals surface area contributed by atoms with Gasteiger partial charge in [0.15, 0.2) is 0 Å². The Kier molecular flexibility index (Phi) is 6.67. The topological polar surface area (TPSA) is 52.7 Å². The molecule has 2 amide bonds. The highest BCUT2D eigenvalue weighted by atomic mass is 16.2. The van der Waals surface area contributed by atoms with E-state index in [-0.39, 0.29) is 11.8 Å². The molecule has 0 radical (unpaired) electrons. The lowest BCUT2D eigenvalue weighted by molar-refractivity contribution is -0.141. The first kappa shape index (κ1) is 18.9. The Hall–Kier alpha value is -1.88. The van der Waals surface area contributed by atoms with E-state index in [1.54, 1.807) is 0 Å². The first-order valence-corrected chi connectivity index (χ1v) is 9.96. The van der Waals surface area contributed by atoms with Crippen molar-refractivity contribution >= 4 is 11.8 Å². The van der Waals surface area contributed by atoms with Crippen LogP contribution in [0.2, 0.25) is 0 Å². The van der Waals surface area contributed by atoms with E-state index in [0.717, 1.165) is 51.7 Å². The number of benzene rings is 1. The van der Waals surface area contributed by atoms with Crippen LogP contribution in [0.25, 0.3) is 0 Å². The predicted octanol–water partition coefficient (Wildman–Crippen LogP) is 2.42. The number of hydrogen-bond donors (Lipinski definition) is 1. The van der Waals surface area contributed by atoms with Gasteiger partial charge in [-0.1, -0.05) is 30.3 Å². The molecule has 2 fully saturated rings. The fourth-order valence-electron chi connectivity index (χ4n) is 3.74. The molecule has 1 heterocycles. The van der Waals surface area contributed by atoms with Crippen molar-refractivity contribution in [3.8, 4) is 0 Å². The van der Waals surface area contributed by atoms with Crippen molar-refractivity contribution in [3.63, 3.8) is 0 Å². The molecule has 0 unspecified atom stereocenters. The van der Waals surface area contributed by atoms with Crippen LogP contribution in [0.15, 0.2) is 30.3 Å². The van der Waals surface area contributed by atoms with Crippen molar-refractivity contribution in [2.24, 2.45) is 5.92 Å². The molecule has 26 heavy (non-hydrogen) atoms. The lowest BCUT2D eigenvalue weighted by Gasteiger charge is -2.34. The molecule has 3 rings (SSSR count). The fourth-order valence-corrected chi connectivity index (χ4v) is 3.74. The summed E-state index contributed by atoms with van der Waals surface area (Å²) in [5.74, 6) is 0.591. The monoisotopic (exact) mass is 357 g/mol. The average Bonchev–Trinajstić information content (AvgIpc) is 3.52. The summed E-state index contributed by atoms with van der Waals surface area (Å²) in [6.45, 7) is 3.03. The van der Waals surface area contributed by atoms with Gasteiger partial charge in [-0.3, -0.25) is 9.59 Å². The molecular weight excluding hydrogens is 326 g/mol. The summed E-state index contributed by atoms with van der Waals surface area (Å²) >= 11 is 0. The number of likely N-dealkylation sites (tertiary alicyclic amines) is 1. The molecule has 1 aromatic rings. The van der Waals surface area contributed by atoms with Crippen LogP contribution in [-0.4, -0.2) is 54.3 Å². The maximum Gasteiger partial charge on any atom is 0.226 e. The largest absolute Gasteiger partial charge is 0.343 e. The standard InChI is InChI=1S/C21H31N3O2/c1-22-13-5-8-20(25)23-14-11-18(12-15-23)21(26)24(19-9-10-19)16-17-6-3-2-4-7-17/h2-4,6-7,18-19,22H,5,8-16H2,1H3. The maximum absolute atomic E-state index is 13.1. The summed E-state index contributed by atoms with van der Waals surface area (Å²) in [5, 5.41) is 3.08. The molecular formula is C21H31N3O2. The van der Waals surface area contributed by atoms with E-state index in [4.69, 9.17) is 0 Å². The zero-order valence-corrected chi connectivity index (χ0v) is 15.8. The highest BCUT2D eigenvalue weighted by molar-refractivity contribution is 5.80. The smallest absolute Gasteiger partial charge is 0.226 e. The first-order valence-electron chi connectivity index (χ1n) is 9.96. The highest BCUT2D eigenvalue weighted by Gasteiger charge is 2.37. The predicted molar refractivity (Wildman–Crippen MR) is 102 cm³/mol. The Labute approximate surface area is 156 Å². The van der Waals surface area contributed by atoms with Crippen LogP contribution in [0.3, 0.4) is 0 Å². The summed E-state index contributed by atoms with van der Waals surface area (Å²) in [5.41, 5.74) is 1.20. The van der Waals surface area contributed by atoms with Gasteiger partial charge in [0.2, 0.25) is 11.8 Å². The number of carbonyl (C=O) groups excluding carboxylic acids is 2. The Morgan fingerprint density at radius 2 is 1.81 bits per heavy atom. The number of nitrogens with one attached hydrogen (secondary N) is 1. The molecule has 1 N–H and O–H groups in total. The molecule has 0 aromatic heterocycles. The van der Waals surface area contributed by atoms with Crippen molar-refractivity contribution < 1.29 is 9.59 Å². The van der Waals surface area contributed by atoms with Crippen molar-refractivity contribution in [2.45, 2.75) is 51.1 Å². The van der Waals surface area contributed by atoms with E-state index in [9.17, 15) is 9.59 Å².